The average Bonchev–Trinajstić information content (AvgIpc) is 2.34. The number of carboxylic acids is 1. The van der Waals surface area contributed by atoms with Crippen molar-refractivity contribution in [1.82, 2.24) is 5.32 Å². The number of aryl methyl sites for hydroxylation is 1. The van der Waals surface area contributed by atoms with Crippen molar-refractivity contribution in [2.45, 2.75) is 19.8 Å². The third-order valence-corrected chi connectivity index (χ3v) is 2.49. The Hall–Kier alpha value is -1.68. The van der Waals surface area contributed by atoms with Crippen LogP contribution >= 0.6 is 0 Å². The summed E-state index contributed by atoms with van der Waals surface area (Å²) in [6.07, 6.45) is 0.980. The predicted molar refractivity (Wildman–Crippen MR) is 65.3 cm³/mol. The van der Waals surface area contributed by atoms with Gasteiger partial charge in [0.05, 0.1) is 13.0 Å². The second-order valence-electron chi connectivity index (χ2n) is 3.79. The number of carbonyl (C=O) groups excluding carboxylic acids is 1. The van der Waals surface area contributed by atoms with Crippen LogP contribution in [0.25, 0.3) is 0 Å². The molecule has 1 rings (SSSR count). The average molecular weight is 235 g/mol. The molecule has 0 bridgehead atoms. The Balaban J connectivity index is 2.38. The maximum absolute atomic E-state index is 11.7. The van der Waals surface area contributed by atoms with E-state index in [1.807, 2.05) is 12.1 Å². The van der Waals surface area contributed by atoms with Gasteiger partial charge in [0.1, 0.15) is 0 Å². The lowest BCUT2D eigenvalue weighted by Crippen LogP contribution is -2.25. The minimum Gasteiger partial charge on any atom is -0.481 e. The van der Waals surface area contributed by atoms with Crippen molar-refractivity contribution in [1.29, 1.82) is 0 Å². The smallest absolute Gasteiger partial charge is 0.304 e. The first-order chi connectivity index (χ1) is 8.13. The molecule has 0 saturated carbocycles. The molecular weight excluding hydrogens is 218 g/mol. The summed E-state index contributed by atoms with van der Waals surface area (Å²) in [6, 6.07) is 7.48. The molecule has 0 radical (unpaired) electrons. The van der Waals surface area contributed by atoms with E-state index in [9.17, 15) is 9.59 Å². The Morgan fingerprint density at radius 2 is 1.88 bits per heavy atom. The summed E-state index contributed by atoms with van der Waals surface area (Å²) in [5.41, 5.74) is 1.85. The van der Waals surface area contributed by atoms with Gasteiger partial charge in [-0.1, -0.05) is 31.2 Å². The van der Waals surface area contributed by atoms with Crippen LogP contribution in [0.15, 0.2) is 24.3 Å². The highest BCUT2D eigenvalue weighted by atomic mass is 16.4. The molecular formula is C13H17NO3. The Morgan fingerprint density at radius 3 is 2.41 bits per heavy atom. The SMILES string of the molecule is CCc1ccc(C(=O)CNCCC(=O)O)cc1. The molecule has 0 heterocycles. The molecule has 0 saturated heterocycles. The summed E-state index contributed by atoms with van der Waals surface area (Å²) in [5.74, 6) is -0.879. The molecule has 0 fully saturated rings. The van der Waals surface area contributed by atoms with Crippen LogP contribution < -0.4 is 5.32 Å². The van der Waals surface area contributed by atoms with E-state index in [0.29, 0.717) is 12.1 Å². The number of rotatable bonds is 7. The fourth-order valence-corrected chi connectivity index (χ4v) is 1.43. The maximum Gasteiger partial charge on any atom is 0.304 e. The number of carboxylic acid groups (broad SMARTS) is 1. The number of nitrogens with one attached hydrogen (secondary N) is 1. The van der Waals surface area contributed by atoms with Crippen molar-refractivity contribution in [2.75, 3.05) is 13.1 Å². The molecule has 92 valence electrons. The Bertz CT molecular complexity index is 384. The van der Waals surface area contributed by atoms with E-state index in [1.165, 1.54) is 5.56 Å². The van der Waals surface area contributed by atoms with E-state index in [1.54, 1.807) is 12.1 Å². The summed E-state index contributed by atoms with van der Waals surface area (Å²) in [6.45, 7) is 2.55. The van der Waals surface area contributed by atoms with E-state index in [0.717, 1.165) is 6.42 Å². The highest BCUT2D eigenvalue weighted by Gasteiger charge is 2.05. The summed E-state index contributed by atoms with van der Waals surface area (Å²) >= 11 is 0. The third kappa shape index (κ3) is 4.78. The minimum absolute atomic E-state index is 0.0157. The lowest BCUT2D eigenvalue weighted by molar-refractivity contribution is -0.136. The summed E-state index contributed by atoms with van der Waals surface area (Å²) in [4.78, 5) is 21.9. The molecule has 0 aliphatic heterocycles. The van der Waals surface area contributed by atoms with Gasteiger partial charge in [0.15, 0.2) is 5.78 Å². The van der Waals surface area contributed by atoms with Crippen LogP contribution in [0.2, 0.25) is 0 Å². The molecule has 0 amide bonds. The Labute approximate surface area is 101 Å². The van der Waals surface area contributed by atoms with Crippen molar-refractivity contribution >= 4 is 11.8 Å². The van der Waals surface area contributed by atoms with Crippen LogP contribution in [-0.2, 0) is 11.2 Å². The van der Waals surface area contributed by atoms with Crippen molar-refractivity contribution in [3.8, 4) is 0 Å². The van der Waals surface area contributed by atoms with Gasteiger partial charge in [-0.25, -0.2) is 0 Å². The van der Waals surface area contributed by atoms with Gasteiger partial charge in [-0.2, -0.15) is 0 Å². The lowest BCUT2D eigenvalue weighted by atomic mass is 10.1. The third-order valence-electron chi connectivity index (χ3n) is 2.49. The molecule has 0 aliphatic rings. The quantitative estimate of drug-likeness (QED) is 0.555. The molecule has 0 spiro atoms. The van der Waals surface area contributed by atoms with E-state index in [-0.39, 0.29) is 18.7 Å². The molecule has 4 nitrogen and oxygen atoms in total. The maximum atomic E-state index is 11.7. The number of hydrogen-bond acceptors (Lipinski definition) is 3. The molecule has 4 heteroatoms. The van der Waals surface area contributed by atoms with Gasteiger partial charge in [-0.15, -0.1) is 0 Å². The molecule has 0 aliphatic carbocycles. The number of benzene rings is 1. The van der Waals surface area contributed by atoms with Crippen LogP contribution in [0.1, 0.15) is 29.3 Å². The number of Topliss-reactive ketones (excluding diaryl/α,β-unsaturated/α-hetero) is 1. The zero-order valence-corrected chi connectivity index (χ0v) is 9.90. The highest BCUT2D eigenvalue weighted by Crippen LogP contribution is 2.05. The number of ketones is 1. The van der Waals surface area contributed by atoms with E-state index in [4.69, 9.17) is 5.11 Å². The largest absolute Gasteiger partial charge is 0.481 e. The second kappa shape index (κ2) is 6.81. The van der Waals surface area contributed by atoms with Crippen molar-refractivity contribution in [3.63, 3.8) is 0 Å². The molecule has 0 aromatic heterocycles. The molecule has 17 heavy (non-hydrogen) atoms. The topological polar surface area (TPSA) is 66.4 Å². The minimum atomic E-state index is -0.864. The number of aliphatic carboxylic acids is 1. The van der Waals surface area contributed by atoms with Gasteiger partial charge in [0.2, 0.25) is 0 Å². The summed E-state index contributed by atoms with van der Waals surface area (Å²) in [5, 5.41) is 11.2. The standard InChI is InChI=1S/C13H17NO3/c1-2-10-3-5-11(6-4-10)12(15)9-14-8-7-13(16)17/h3-6,14H,2,7-9H2,1H3,(H,16,17). The normalized spacial score (nSPS) is 10.2. The summed E-state index contributed by atoms with van der Waals surface area (Å²) in [7, 11) is 0. The predicted octanol–water partition coefficient (Wildman–Crippen LogP) is 1.50. The first-order valence-corrected chi connectivity index (χ1v) is 5.68. The number of carbonyl (C=O) groups is 2. The van der Waals surface area contributed by atoms with Crippen molar-refractivity contribution in [3.05, 3.63) is 35.4 Å². The fourth-order valence-electron chi connectivity index (χ4n) is 1.43. The van der Waals surface area contributed by atoms with Crippen LogP contribution in [-0.4, -0.2) is 29.9 Å². The first-order valence-electron chi connectivity index (χ1n) is 5.68. The van der Waals surface area contributed by atoms with Gasteiger partial charge in [0, 0.05) is 12.1 Å². The molecule has 0 atom stereocenters. The summed E-state index contributed by atoms with van der Waals surface area (Å²) < 4.78 is 0. The van der Waals surface area contributed by atoms with Gasteiger partial charge in [0.25, 0.3) is 0 Å². The van der Waals surface area contributed by atoms with Gasteiger partial charge < -0.3 is 10.4 Å². The second-order valence-corrected chi connectivity index (χ2v) is 3.79. The van der Waals surface area contributed by atoms with E-state index >= 15 is 0 Å². The van der Waals surface area contributed by atoms with E-state index in [2.05, 4.69) is 12.2 Å². The fraction of sp³-hybridized carbons (Fsp3) is 0.385. The zero-order valence-electron chi connectivity index (χ0n) is 9.90. The van der Waals surface area contributed by atoms with Crippen LogP contribution in [0.3, 0.4) is 0 Å². The van der Waals surface area contributed by atoms with Gasteiger partial charge in [-0.3, -0.25) is 9.59 Å². The highest BCUT2D eigenvalue weighted by molar-refractivity contribution is 5.97. The van der Waals surface area contributed by atoms with Gasteiger partial charge >= 0.3 is 5.97 Å². The van der Waals surface area contributed by atoms with Crippen LogP contribution in [0, 0.1) is 0 Å². The molecule has 2 N–H and O–H groups in total. The Kier molecular flexibility index (Phi) is 5.36. The lowest BCUT2D eigenvalue weighted by Gasteiger charge is -2.03. The molecule has 1 aromatic rings. The van der Waals surface area contributed by atoms with Crippen LogP contribution in [0.5, 0.6) is 0 Å². The Morgan fingerprint density at radius 1 is 1.24 bits per heavy atom. The monoisotopic (exact) mass is 235 g/mol. The van der Waals surface area contributed by atoms with Crippen molar-refractivity contribution < 1.29 is 14.7 Å². The zero-order chi connectivity index (χ0) is 12.7. The number of hydrogen-bond donors (Lipinski definition) is 2. The molecule has 1 aromatic carbocycles. The van der Waals surface area contributed by atoms with Gasteiger partial charge in [-0.05, 0) is 12.0 Å². The molecule has 0 unspecified atom stereocenters. The first kappa shape index (κ1) is 13.4. The van der Waals surface area contributed by atoms with Crippen LogP contribution in [0.4, 0.5) is 0 Å². The van der Waals surface area contributed by atoms with Crippen molar-refractivity contribution in [2.24, 2.45) is 0 Å². The van der Waals surface area contributed by atoms with E-state index < -0.39 is 5.97 Å².